The maximum atomic E-state index is 14.6. The van der Waals surface area contributed by atoms with Crippen LogP contribution in [0, 0.1) is 11.6 Å². The molecular formula is C18H13ClF2N6O. The van der Waals surface area contributed by atoms with E-state index in [0.717, 1.165) is 6.07 Å². The molecule has 0 saturated carbocycles. The number of rotatable bonds is 4. The number of halogens is 3. The lowest BCUT2D eigenvalue weighted by Crippen LogP contribution is -2.02. The van der Waals surface area contributed by atoms with Crippen molar-refractivity contribution in [2.75, 3.05) is 5.73 Å². The van der Waals surface area contributed by atoms with E-state index in [0.29, 0.717) is 28.0 Å². The first-order valence-electron chi connectivity index (χ1n) is 8.10. The standard InChI is InChI=1S/C18H13ClF2N6O/c1-27-8-25-13(26-27)6-28-12-5-3-10(17-14(12)18(22)24-7-23-17)9-2-4-11(20)15(19)16(9)21/h2-5,7-8H,6H2,1H3,(H2,22,23,24). The topological polar surface area (TPSA) is 91.7 Å². The molecule has 2 heterocycles. The van der Waals surface area contributed by atoms with Crippen LogP contribution in [-0.2, 0) is 13.7 Å². The van der Waals surface area contributed by atoms with E-state index in [1.807, 2.05) is 0 Å². The number of benzene rings is 2. The average Bonchev–Trinajstić information content (AvgIpc) is 3.10. The van der Waals surface area contributed by atoms with E-state index >= 15 is 0 Å². The van der Waals surface area contributed by atoms with Gasteiger partial charge in [-0.3, -0.25) is 4.68 Å². The Hall–Kier alpha value is -3.33. The second kappa shape index (κ2) is 7.01. The van der Waals surface area contributed by atoms with Crippen molar-refractivity contribution in [2.24, 2.45) is 7.05 Å². The van der Waals surface area contributed by atoms with Gasteiger partial charge < -0.3 is 10.5 Å². The van der Waals surface area contributed by atoms with Gasteiger partial charge in [-0.15, -0.1) is 0 Å². The highest BCUT2D eigenvalue weighted by atomic mass is 35.5. The van der Waals surface area contributed by atoms with Gasteiger partial charge in [0.05, 0.1) is 10.9 Å². The molecule has 0 amide bonds. The normalized spacial score (nSPS) is 11.1. The lowest BCUT2D eigenvalue weighted by atomic mass is 10.0. The predicted molar refractivity (Wildman–Crippen MR) is 99.6 cm³/mol. The van der Waals surface area contributed by atoms with Crippen molar-refractivity contribution >= 4 is 28.3 Å². The van der Waals surface area contributed by atoms with Crippen molar-refractivity contribution in [3.8, 4) is 16.9 Å². The summed E-state index contributed by atoms with van der Waals surface area (Å²) in [5, 5.41) is 3.95. The monoisotopic (exact) mass is 402 g/mol. The molecule has 142 valence electrons. The summed E-state index contributed by atoms with van der Waals surface area (Å²) < 4.78 is 35.4. The summed E-state index contributed by atoms with van der Waals surface area (Å²) in [6.07, 6.45) is 2.81. The molecule has 0 bridgehead atoms. The zero-order valence-corrected chi connectivity index (χ0v) is 15.3. The fourth-order valence-corrected chi connectivity index (χ4v) is 3.00. The van der Waals surface area contributed by atoms with Gasteiger partial charge in [-0.1, -0.05) is 11.6 Å². The molecule has 4 aromatic rings. The zero-order valence-electron chi connectivity index (χ0n) is 14.5. The van der Waals surface area contributed by atoms with Crippen molar-refractivity contribution in [3.05, 3.63) is 59.4 Å². The number of anilines is 1. The third kappa shape index (κ3) is 3.09. The van der Waals surface area contributed by atoms with E-state index in [9.17, 15) is 8.78 Å². The van der Waals surface area contributed by atoms with Crippen LogP contribution < -0.4 is 10.5 Å². The maximum Gasteiger partial charge on any atom is 0.188 e. The molecule has 0 saturated heterocycles. The maximum absolute atomic E-state index is 14.6. The summed E-state index contributed by atoms with van der Waals surface area (Å²) in [7, 11) is 1.74. The lowest BCUT2D eigenvalue weighted by molar-refractivity contribution is 0.299. The van der Waals surface area contributed by atoms with E-state index < -0.39 is 16.7 Å². The van der Waals surface area contributed by atoms with Crippen LogP contribution in [0.2, 0.25) is 5.02 Å². The number of nitrogens with two attached hydrogens (primary N) is 1. The summed E-state index contributed by atoms with van der Waals surface area (Å²) in [6, 6.07) is 5.59. The molecular weight excluding hydrogens is 390 g/mol. The van der Waals surface area contributed by atoms with E-state index in [1.165, 1.54) is 12.4 Å². The Balaban J connectivity index is 1.83. The number of aryl methyl sites for hydroxylation is 1. The van der Waals surface area contributed by atoms with Crippen molar-refractivity contribution in [1.29, 1.82) is 0 Å². The van der Waals surface area contributed by atoms with Crippen LogP contribution in [0.1, 0.15) is 5.82 Å². The van der Waals surface area contributed by atoms with Gasteiger partial charge in [0.2, 0.25) is 0 Å². The number of nitrogens with zero attached hydrogens (tertiary/aromatic N) is 5. The van der Waals surface area contributed by atoms with Gasteiger partial charge in [0.25, 0.3) is 0 Å². The highest BCUT2D eigenvalue weighted by molar-refractivity contribution is 6.31. The molecule has 10 heteroatoms. The molecule has 0 aliphatic carbocycles. The van der Waals surface area contributed by atoms with Crippen LogP contribution >= 0.6 is 11.6 Å². The molecule has 0 spiro atoms. The second-order valence-corrected chi connectivity index (χ2v) is 6.32. The van der Waals surface area contributed by atoms with Gasteiger partial charge in [-0.05, 0) is 24.3 Å². The quantitative estimate of drug-likeness (QED) is 0.525. The van der Waals surface area contributed by atoms with Crippen LogP contribution in [0.3, 0.4) is 0 Å². The number of aromatic nitrogens is 5. The smallest absolute Gasteiger partial charge is 0.188 e. The Bertz CT molecular complexity index is 1200. The minimum absolute atomic E-state index is 0.0902. The van der Waals surface area contributed by atoms with E-state index in [1.54, 1.807) is 30.2 Å². The minimum Gasteiger partial charge on any atom is -0.485 e. The Morgan fingerprint density at radius 2 is 1.89 bits per heavy atom. The number of ether oxygens (including phenoxy) is 1. The summed E-state index contributed by atoms with van der Waals surface area (Å²) in [5.41, 5.74) is 6.84. The van der Waals surface area contributed by atoms with Gasteiger partial charge in [-0.2, -0.15) is 5.10 Å². The van der Waals surface area contributed by atoms with Crippen molar-refractivity contribution < 1.29 is 13.5 Å². The molecule has 0 radical (unpaired) electrons. The third-order valence-corrected chi connectivity index (χ3v) is 4.46. The highest BCUT2D eigenvalue weighted by Gasteiger charge is 2.19. The largest absolute Gasteiger partial charge is 0.485 e. The first-order chi connectivity index (χ1) is 13.5. The van der Waals surface area contributed by atoms with Crippen LogP contribution in [0.4, 0.5) is 14.6 Å². The SMILES string of the molecule is Cn1cnc(COc2ccc(-c3ccc(F)c(Cl)c3F)c3ncnc(N)c23)n1. The van der Waals surface area contributed by atoms with Gasteiger partial charge >= 0.3 is 0 Å². The van der Waals surface area contributed by atoms with E-state index in [-0.39, 0.29) is 18.0 Å². The highest BCUT2D eigenvalue weighted by Crippen LogP contribution is 2.38. The molecule has 7 nitrogen and oxygen atoms in total. The molecule has 2 N–H and O–H groups in total. The number of fused-ring (bicyclic) bond motifs is 1. The number of hydrogen-bond acceptors (Lipinski definition) is 6. The molecule has 0 fully saturated rings. The Morgan fingerprint density at radius 1 is 1.11 bits per heavy atom. The molecule has 2 aromatic carbocycles. The molecule has 0 atom stereocenters. The van der Waals surface area contributed by atoms with Crippen LogP contribution in [0.15, 0.2) is 36.9 Å². The van der Waals surface area contributed by atoms with Crippen LogP contribution in [-0.4, -0.2) is 24.7 Å². The fourth-order valence-electron chi connectivity index (χ4n) is 2.83. The first kappa shape index (κ1) is 18.1. The number of hydrogen-bond donors (Lipinski definition) is 1. The van der Waals surface area contributed by atoms with Crippen molar-refractivity contribution in [1.82, 2.24) is 24.7 Å². The molecule has 4 rings (SSSR count). The zero-order chi connectivity index (χ0) is 19.8. The molecule has 28 heavy (non-hydrogen) atoms. The Morgan fingerprint density at radius 3 is 2.64 bits per heavy atom. The minimum atomic E-state index is -0.883. The summed E-state index contributed by atoms with van der Waals surface area (Å²) in [6.45, 7) is 0.0976. The Labute approximate surface area is 162 Å². The van der Waals surface area contributed by atoms with E-state index in [2.05, 4.69) is 20.1 Å². The number of nitrogen functional groups attached to an aromatic ring is 1. The molecule has 2 aromatic heterocycles. The summed E-state index contributed by atoms with van der Waals surface area (Å²) in [5.74, 6) is -0.704. The fraction of sp³-hybridized carbons (Fsp3) is 0.111. The van der Waals surface area contributed by atoms with Crippen molar-refractivity contribution in [2.45, 2.75) is 6.61 Å². The van der Waals surface area contributed by atoms with E-state index in [4.69, 9.17) is 22.1 Å². The summed E-state index contributed by atoms with van der Waals surface area (Å²) in [4.78, 5) is 12.3. The van der Waals surface area contributed by atoms with Crippen LogP contribution in [0.25, 0.3) is 22.0 Å². The third-order valence-electron chi connectivity index (χ3n) is 4.11. The van der Waals surface area contributed by atoms with Crippen LogP contribution in [0.5, 0.6) is 5.75 Å². The second-order valence-electron chi connectivity index (χ2n) is 5.94. The van der Waals surface area contributed by atoms with Gasteiger partial charge in [0.15, 0.2) is 11.6 Å². The molecule has 0 aliphatic rings. The first-order valence-corrected chi connectivity index (χ1v) is 8.48. The summed E-state index contributed by atoms with van der Waals surface area (Å²) >= 11 is 5.72. The molecule has 0 aliphatic heterocycles. The van der Waals surface area contributed by atoms with Crippen molar-refractivity contribution in [3.63, 3.8) is 0 Å². The van der Waals surface area contributed by atoms with Gasteiger partial charge in [0, 0.05) is 18.2 Å². The predicted octanol–water partition coefficient (Wildman–Crippen LogP) is 3.52. The van der Waals surface area contributed by atoms with Gasteiger partial charge in [-0.25, -0.2) is 23.7 Å². The average molecular weight is 403 g/mol. The lowest BCUT2D eigenvalue weighted by Gasteiger charge is -2.13. The molecule has 0 unspecified atom stereocenters. The Kier molecular flexibility index (Phi) is 4.52. The van der Waals surface area contributed by atoms with Gasteiger partial charge in [0.1, 0.15) is 41.7 Å².